The van der Waals surface area contributed by atoms with E-state index in [1.807, 2.05) is 42.5 Å². The first-order valence-electron chi connectivity index (χ1n) is 9.01. The van der Waals surface area contributed by atoms with Crippen LogP contribution in [0.25, 0.3) is 0 Å². The molecule has 2 aromatic rings. The Morgan fingerprint density at radius 1 is 1.08 bits per heavy atom. The molecule has 4 nitrogen and oxygen atoms in total. The molecule has 0 radical (unpaired) electrons. The highest BCUT2D eigenvalue weighted by Crippen LogP contribution is 2.20. The van der Waals surface area contributed by atoms with Crippen molar-refractivity contribution in [2.24, 2.45) is 0 Å². The van der Waals surface area contributed by atoms with Crippen molar-refractivity contribution in [3.8, 4) is 0 Å². The van der Waals surface area contributed by atoms with Crippen molar-refractivity contribution in [1.82, 2.24) is 4.98 Å². The molecule has 1 aliphatic rings. The number of benzene rings is 1. The summed E-state index contributed by atoms with van der Waals surface area (Å²) in [6.45, 7) is 0.901. The monoisotopic (exact) mass is 335 g/mol. The molecule has 0 bridgehead atoms. The fraction of sp³-hybridized carbons (Fsp3) is 0.333. The Balaban J connectivity index is 1.43. The molecule has 0 saturated carbocycles. The van der Waals surface area contributed by atoms with Crippen LogP contribution in [-0.2, 0) is 11.2 Å². The summed E-state index contributed by atoms with van der Waals surface area (Å²) in [5.41, 5.74) is 3.29. The lowest BCUT2D eigenvalue weighted by Crippen LogP contribution is -2.14. The van der Waals surface area contributed by atoms with Crippen molar-refractivity contribution in [3.05, 3.63) is 65.9 Å². The number of amides is 1. The van der Waals surface area contributed by atoms with E-state index >= 15 is 0 Å². The van der Waals surface area contributed by atoms with Crippen molar-refractivity contribution in [3.63, 3.8) is 0 Å². The minimum absolute atomic E-state index is 0.0297. The maximum absolute atomic E-state index is 12.1. The van der Waals surface area contributed by atoms with Crippen molar-refractivity contribution < 1.29 is 4.79 Å². The number of nitrogens with zero attached hydrogens (tertiary/aromatic N) is 1. The lowest BCUT2D eigenvalue weighted by atomic mass is 9.97. The second kappa shape index (κ2) is 9.02. The molecule has 1 aromatic heterocycles. The van der Waals surface area contributed by atoms with Gasteiger partial charge < -0.3 is 10.6 Å². The molecule has 0 spiro atoms. The molecule has 3 rings (SSSR count). The van der Waals surface area contributed by atoms with Gasteiger partial charge in [-0.1, -0.05) is 42.0 Å². The predicted octanol–water partition coefficient (Wildman–Crippen LogP) is 4.57. The van der Waals surface area contributed by atoms with Gasteiger partial charge in [0.15, 0.2) is 0 Å². The number of allylic oxidation sites excluding steroid dienone is 1. The zero-order valence-corrected chi connectivity index (χ0v) is 14.5. The van der Waals surface area contributed by atoms with Crippen molar-refractivity contribution in [2.75, 3.05) is 17.2 Å². The van der Waals surface area contributed by atoms with Crippen LogP contribution in [0.5, 0.6) is 0 Å². The molecule has 1 amide bonds. The standard InChI is InChI=1S/C21H25N3O/c25-21(15-18-9-5-2-6-10-18)24-19-11-12-20(23-16-19)22-14-13-17-7-3-1-4-8-17/h2,5-7,9-12,16H,1,3-4,8,13-15H2,(H,22,23)(H,24,25). The number of carbonyl (C=O) groups is 1. The molecule has 0 unspecified atom stereocenters. The summed E-state index contributed by atoms with van der Waals surface area (Å²) in [5.74, 6) is 0.815. The largest absolute Gasteiger partial charge is 0.370 e. The van der Waals surface area contributed by atoms with E-state index in [-0.39, 0.29) is 5.91 Å². The fourth-order valence-corrected chi connectivity index (χ4v) is 3.04. The Bertz CT molecular complexity index is 708. The minimum atomic E-state index is -0.0297. The second-order valence-electron chi connectivity index (χ2n) is 6.43. The normalized spacial score (nSPS) is 13.8. The first-order chi connectivity index (χ1) is 12.3. The van der Waals surface area contributed by atoms with E-state index in [1.165, 1.54) is 25.7 Å². The van der Waals surface area contributed by atoms with Crippen LogP contribution in [0.3, 0.4) is 0 Å². The molecule has 130 valence electrons. The third-order valence-corrected chi connectivity index (χ3v) is 4.39. The number of aromatic nitrogens is 1. The summed E-state index contributed by atoms with van der Waals surface area (Å²) in [5, 5.41) is 6.23. The van der Waals surface area contributed by atoms with Gasteiger partial charge in [0, 0.05) is 6.54 Å². The Labute approximate surface area is 149 Å². The Hall–Kier alpha value is -2.62. The third kappa shape index (κ3) is 5.75. The SMILES string of the molecule is O=C(Cc1ccccc1)Nc1ccc(NCCC2=CCCCC2)nc1. The topological polar surface area (TPSA) is 54.0 Å². The number of hydrogen-bond donors (Lipinski definition) is 2. The van der Waals surface area contributed by atoms with Crippen LogP contribution in [0.2, 0.25) is 0 Å². The van der Waals surface area contributed by atoms with E-state index in [1.54, 1.807) is 11.8 Å². The van der Waals surface area contributed by atoms with Gasteiger partial charge in [0.2, 0.25) is 5.91 Å². The van der Waals surface area contributed by atoms with E-state index in [4.69, 9.17) is 0 Å². The predicted molar refractivity (Wildman–Crippen MR) is 103 cm³/mol. The van der Waals surface area contributed by atoms with Gasteiger partial charge in [-0.3, -0.25) is 4.79 Å². The van der Waals surface area contributed by atoms with Gasteiger partial charge in [0.05, 0.1) is 18.3 Å². The van der Waals surface area contributed by atoms with Gasteiger partial charge in [-0.2, -0.15) is 0 Å². The summed E-state index contributed by atoms with van der Waals surface area (Å²) in [4.78, 5) is 16.4. The Morgan fingerprint density at radius 3 is 2.68 bits per heavy atom. The highest BCUT2D eigenvalue weighted by molar-refractivity contribution is 5.92. The molecular formula is C21H25N3O. The van der Waals surface area contributed by atoms with Crippen LogP contribution >= 0.6 is 0 Å². The number of nitrogens with one attached hydrogen (secondary N) is 2. The van der Waals surface area contributed by atoms with Crippen LogP contribution in [-0.4, -0.2) is 17.4 Å². The van der Waals surface area contributed by atoms with Crippen LogP contribution in [0, 0.1) is 0 Å². The van der Waals surface area contributed by atoms with Crippen molar-refractivity contribution >= 4 is 17.4 Å². The molecular weight excluding hydrogens is 310 g/mol. The van der Waals surface area contributed by atoms with E-state index in [2.05, 4.69) is 21.7 Å². The van der Waals surface area contributed by atoms with Gasteiger partial charge in [-0.05, 0) is 49.8 Å². The number of pyridine rings is 1. The van der Waals surface area contributed by atoms with Gasteiger partial charge in [-0.15, -0.1) is 0 Å². The zero-order valence-electron chi connectivity index (χ0n) is 14.5. The van der Waals surface area contributed by atoms with Crippen molar-refractivity contribution in [2.45, 2.75) is 38.5 Å². The highest BCUT2D eigenvalue weighted by atomic mass is 16.1. The molecule has 1 heterocycles. The number of anilines is 2. The molecule has 0 aliphatic heterocycles. The van der Waals surface area contributed by atoms with E-state index < -0.39 is 0 Å². The van der Waals surface area contributed by atoms with Crippen LogP contribution in [0.1, 0.15) is 37.7 Å². The molecule has 0 atom stereocenters. The number of rotatable bonds is 7. The highest BCUT2D eigenvalue weighted by Gasteiger charge is 2.05. The summed E-state index contributed by atoms with van der Waals surface area (Å²) in [6.07, 6.45) is 10.6. The fourth-order valence-electron chi connectivity index (χ4n) is 3.04. The van der Waals surface area contributed by atoms with Crippen LogP contribution in [0.4, 0.5) is 11.5 Å². The summed E-state index contributed by atoms with van der Waals surface area (Å²) in [7, 11) is 0. The molecule has 4 heteroatoms. The molecule has 25 heavy (non-hydrogen) atoms. The van der Waals surface area contributed by atoms with E-state index in [9.17, 15) is 4.79 Å². The van der Waals surface area contributed by atoms with Gasteiger partial charge in [0.25, 0.3) is 0 Å². The third-order valence-electron chi connectivity index (χ3n) is 4.39. The first kappa shape index (κ1) is 17.2. The van der Waals surface area contributed by atoms with Crippen molar-refractivity contribution in [1.29, 1.82) is 0 Å². The number of carbonyl (C=O) groups excluding carboxylic acids is 1. The van der Waals surface area contributed by atoms with Gasteiger partial charge in [-0.25, -0.2) is 4.98 Å². The summed E-state index contributed by atoms with van der Waals surface area (Å²) < 4.78 is 0. The molecule has 2 N–H and O–H groups in total. The van der Waals surface area contributed by atoms with Crippen LogP contribution < -0.4 is 10.6 Å². The van der Waals surface area contributed by atoms with Gasteiger partial charge >= 0.3 is 0 Å². The van der Waals surface area contributed by atoms with E-state index in [0.29, 0.717) is 6.42 Å². The lowest BCUT2D eigenvalue weighted by Gasteiger charge is -2.13. The Morgan fingerprint density at radius 2 is 1.96 bits per heavy atom. The quantitative estimate of drug-likeness (QED) is 0.729. The minimum Gasteiger partial charge on any atom is -0.370 e. The molecule has 0 fully saturated rings. The smallest absolute Gasteiger partial charge is 0.228 e. The summed E-state index contributed by atoms with van der Waals surface area (Å²) >= 11 is 0. The van der Waals surface area contributed by atoms with E-state index in [0.717, 1.165) is 30.0 Å². The second-order valence-corrected chi connectivity index (χ2v) is 6.43. The zero-order chi connectivity index (χ0) is 17.3. The Kier molecular flexibility index (Phi) is 6.21. The average Bonchev–Trinajstić information content (AvgIpc) is 2.65. The maximum atomic E-state index is 12.1. The summed E-state index contributed by atoms with van der Waals surface area (Å²) in [6, 6.07) is 13.5. The number of hydrogen-bond acceptors (Lipinski definition) is 3. The maximum Gasteiger partial charge on any atom is 0.228 e. The average molecular weight is 335 g/mol. The van der Waals surface area contributed by atoms with Gasteiger partial charge in [0.1, 0.15) is 5.82 Å². The first-order valence-corrected chi connectivity index (χ1v) is 9.01. The van der Waals surface area contributed by atoms with Crippen LogP contribution in [0.15, 0.2) is 60.3 Å². The molecule has 1 aromatic carbocycles. The molecule has 0 saturated heterocycles. The molecule has 1 aliphatic carbocycles. The lowest BCUT2D eigenvalue weighted by molar-refractivity contribution is -0.115.